The number of rotatable bonds is 8. The summed E-state index contributed by atoms with van der Waals surface area (Å²) in [6.45, 7) is 5.01. The quantitative estimate of drug-likeness (QED) is 0.237. The fourth-order valence-electron chi connectivity index (χ4n) is 5.77. The summed E-state index contributed by atoms with van der Waals surface area (Å²) in [5.41, 5.74) is 6.20. The third-order valence-electron chi connectivity index (χ3n) is 7.71. The van der Waals surface area contributed by atoms with Crippen molar-refractivity contribution in [2.24, 2.45) is 7.05 Å². The van der Waals surface area contributed by atoms with Crippen LogP contribution in [0.15, 0.2) is 73.1 Å². The van der Waals surface area contributed by atoms with Crippen LogP contribution in [0.3, 0.4) is 0 Å². The highest BCUT2D eigenvalue weighted by atomic mass is 19.1. The summed E-state index contributed by atoms with van der Waals surface area (Å²) in [6, 6.07) is 20.6. The molecule has 204 valence electrons. The van der Waals surface area contributed by atoms with Gasteiger partial charge in [0.1, 0.15) is 5.52 Å². The summed E-state index contributed by atoms with van der Waals surface area (Å²) in [7, 11) is 1.87. The monoisotopic (exact) mass is 535 g/mol. The molecule has 0 aliphatic heterocycles. The molecule has 6 rings (SSSR count). The topological polar surface area (TPSA) is 80.6 Å². The van der Waals surface area contributed by atoms with Crippen LogP contribution in [0.1, 0.15) is 50.3 Å². The van der Waals surface area contributed by atoms with E-state index in [2.05, 4.69) is 63.8 Å². The highest BCUT2D eigenvalue weighted by Crippen LogP contribution is 2.31. The van der Waals surface area contributed by atoms with E-state index in [0.717, 1.165) is 53.7 Å². The highest BCUT2D eigenvalue weighted by Gasteiger charge is 2.25. The zero-order chi connectivity index (χ0) is 27.6. The molecule has 1 saturated carbocycles. The molecule has 3 heterocycles. The summed E-state index contributed by atoms with van der Waals surface area (Å²) in [4.78, 5) is 13.6. The largest absolute Gasteiger partial charge is 0.351 e. The molecule has 1 fully saturated rings. The SMILES string of the molecule is CC(C)c1c2cc(-c3ccnc(NC4CCC(NCc5ccc(-c6ccccn6)cc5)C4)n3)cc(F)c2nn1C. The molecule has 5 aromatic rings. The van der Waals surface area contributed by atoms with Gasteiger partial charge < -0.3 is 10.6 Å². The molecule has 1 aliphatic carbocycles. The van der Waals surface area contributed by atoms with Gasteiger partial charge in [-0.05, 0) is 61.1 Å². The van der Waals surface area contributed by atoms with Crippen LogP contribution in [-0.4, -0.2) is 36.8 Å². The number of pyridine rings is 1. The maximum atomic E-state index is 15.0. The minimum Gasteiger partial charge on any atom is -0.351 e. The number of nitrogens with one attached hydrogen (secondary N) is 2. The second-order valence-electron chi connectivity index (χ2n) is 10.9. The molecule has 40 heavy (non-hydrogen) atoms. The van der Waals surface area contributed by atoms with E-state index >= 15 is 4.39 Å². The van der Waals surface area contributed by atoms with Gasteiger partial charge in [0.2, 0.25) is 5.95 Å². The number of hydrogen-bond acceptors (Lipinski definition) is 6. The Labute approximate surface area is 233 Å². The van der Waals surface area contributed by atoms with E-state index in [-0.39, 0.29) is 17.8 Å². The average Bonchev–Trinajstić information content (AvgIpc) is 3.56. The Bertz CT molecular complexity index is 1610. The molecule has 0 bridgehead atoms. The van der Waals surface area contributed by atoms with Gasteiger partial charge in [-0.2, -0.15) is 5.10 Å². The third kappa shape index (κ3) is 5.45. The minimum atomic E-state index is -0.334. The molecule has 1 aliphatic rings. The van der Waals surface area contributed by atoms with Gasteiger partial charge in [0.25, 0.3) is 0 Å². The van der Waals surface area contributed by atoms with Crippen molar-refractivity contribution >= 4 is 16.9 Å². The lowest BCUT2D eigenvalue weighted by molar-refractivity contribution is 0.520. The summed E-state index contributed by atoms with van der Waals surface area (Å²) >= 11 is 0. The van der Waals surface area contributed by atoms with Crippen molar-refractivity contribution in [3.63, 3.8) is 0 Å². The van der Waals surface area contributed by atoms with E-state index in [1.807, 2.05) is 43.6 Å². The van der Waals surface area contributed by atoms with Crippen molar-refractivity contribution in [3.05, 3.63) is 90.1 Å². The lowest BCUT2D eigenvalue weighted by atomic mass is 10.0. The van der Waals surface area contributed by atoms with Crippen molar-refractivity contribution in [2.45, 2.75) is 57.7 Å². The lowest BCUT2D eigenvalue weighted by Crippen LogP contribution is -2.28. The number of nitrogens with zero attached hydrogens (tertiary/aromatic N) is 5. The molecule has 2 aromatic carbocycles. The van der Waals surface area contributed by atoms with Crippen LogP contribution < -0.4 is 10.6 Å². The normalized spacial score (nSPS) is 17.1. The number of anilines is 1. The second-order valence-corrected chi connectivity index (χ2v) is 10.9. The van der Waals surface area contributed by atoms with Gasteiger partial charge in [-0.25, -0.2) is 14.4 Å². The smallest absolute Gasteiger partial charge is 0.223 e. The fraction of sp³-hybridized carbons (Fsp3) is 0.312. The number of halogens is 1. The first-order valence-corrected chi connectivity index (χ1v) is 13.9. The molecule has 0 spiro atoms. The van der Waals surface area contributed by atoms with Crippen LogP contribution in [0.2, 0.25) is 0 Å². The van der Waals surface area contributed by atoms with Crippen LogP contribution in [0.4, 0.5) is 10.3 Å². The predicted octanol–water partition coefficient (Wildman–Crippen LogP) is 6.48. The number of benzene rings is 2. The zero-order valence-electron chi connectivity index (χ0n) is 23.1. The van der Waals surface area contributed by atoms with Crippen LogP contribution >= 0.6 is 0 Å². The van der Waals surface area contributed by atoms with Crippen LogP contribution in [0, 0.1) is 5.82 Å². The van der Waals surface area contributed by atoms with Crippen LogP contribution in [0.25, 0.3) is 33.4 Å². The first-order chi connectivity index (χ1) is 19.4. The Hall–Kier alpha value is -4.17. The summed E-state index contributed by atoms with van der Waals surface area (Å²) in [5, 5.41) is 12.4. The van der Waals surface area contributed by atoms with Gasteiger partial charge in [-0.1, -0.05) is 44.2 Å². The highest BCUT2D eigenvalue weighted by molar-refractivity contribution is 5.87. The first kappa shape index (κ1) is 26.1. The van der Waals surface area contributed by atoms with Crippen molar-refractivity contribution in [1.82, 2.24) is 30.0 Å². The second kappa shape index (κ2) is 11.1. The molecule has 0 saturated heterocycles. The van der Waals surface area contributed by atoms with E-state index in [4.69, 9.17) is 4.98 Å². The Balaban J connectivity index is 1.09. The van der Waals surface area contributed by atoms with Gasteiger partial charge >= 0.3 is 0 Å². The Morgan fingerprint density at radius 2 is 1.75 bits per heavy atom. The first-order valence-electron chi connectivity index (χ1n) is 13.9. The molecule has 0 amide bonds. The summed E-state index contributed by atoms with van der Waals surface area (Å²) in [5.74, 6) is 0.463. The standard InChI is InChI=1S/C32H34FN7/c1-20(2)31-26-16-23(17-27(33)30(26)39-40(31)3)29-13-15-35-32(38-29)37-25-12-11-24(18-25)36-19-21-7-9-22(10-8-21)28-6-4-5-14-34-28/h4-10,13-17,20,24-25,36H,11-12,18-19H2,1-3H3,(H,35,37,38). The number of aromatic nitrogens is 5. The maximum absolute atomic E-state index is 15.0. The lowest BCUT2D eigenvalue weighted by Gasteiger charge is -2.15. The van der Waals surface area contributed by atoms with Crippen molar-refractivity contribution in [1.29, 1.82) is 0 Å². The minimum absolute atomic E-state index is 0.224. The van der Waals surface area contributed by atoms with Crippen molar-refractivity contribution in [3.8, 4) is 22.5 Å². The molecule has 3 aromatic heterocycles. The molecule has 8 heteroatoms. The summed E-state index contributed by atoms with van der Waals surface area (Å²) in [6.07, 6.45) is 6.68. The number of hydrogen-bond donors (Lipinski definition) is 2. The molecule has 2 unspecified atom stereocenters. The van der Waals surface area contributed by atoms with E-state index < -0.39 is 0 Å². The Morgan fingerprint density at radius 1 is 0.925 bits per heavy atom. The number of aryl methyl sites for hydroxylation is 1. The molecule has 2 N–H and O–H groups in total. The van der Waals surface area contributed by atoms with E-state index in [1.54, 1.807) is 10.9 Å². The molecule has 0 radical (unpaired) electrons. The maximum Gasteiger partial charge on any atom is 0.223 e. The van der Waals surface area contributed by atoms with Crippen molar-refractivity contribution < 1.29 is 4.39 Å². The molecular weight excluding hydrogens is 501 g/mol. The summed E-state index contributed by atoms with van der Waals surface area (Å²) < 4.78 is 16.8. The predicted molar refractivity (Wildman–Crippen MR) is 157 cm³/mol. The van der Waals surface area contributed by atoms with Gasteiger partial charge in [0.05, 0.1) is 11.4 Å². The fourth-order valence-corrected chi connectivity index (χ4v) is 5.77. The molecular formula is C32H34FN7. The van der Waals surface area contributed by atoms with Gasteiger partial charge in [-0.3, -0.25) is 9.67 Å². The third-order valence-corrected chi connectivity index (χ3v) is 7.71. The molecule has 7 nitrogen and oxygen atoms in total. The van der Waals surface area contributed by atoms with Crippen molar-refractivity contribution in [2.75, 3.05) is 5.32 Å². The van der Waals surface area contributed by atoms with Gasteiger partial charge in [0.15, 0.2) is 5.82 Å². The van der Waals surface area contributed by atoms with Crippen LogP contribution in [0.5, 0.6) is 0 Å². The van der Waals surface area contributed by atoms with Gasteiger partial charge in [-0.15, -0.1) is 0 Å². The van der Waals surface area contributed by atoms with E-state index in [0.29, 0.717) is 23.2 Å². The van der Waals surface area contributed by atoms with Crippen LogP contribution in [-0.2, 0) is 13.6 Å². The molecule has 2 atom stereocenters. The van der Waals surface area contributed by atoms with E-state index in [9.17, 15) is 0 Å². The Kier molecular flexibility index (Phi) is 7.26. The number of fused-ring (bicyclic) bond motifs is 1. The zero-order valence-corrected chi connectivity index (χ0v) is 23.1. The average molecular weight is 536 g/mol. The Morgan fingerprint density at radius 3 is 2.52 bits per heavy atom. The van der Waals surface area contributed by atoms with E-state index in [1.165, 1.54) is 11.6 Å². The van der Waals surface area contributed by atoms with Gasteiger partial charge in [0, 0.05) is 60.3 Å².